The van der Waals surface area contributed by atoms with Gasteiger partial charge in [-0.05, 0) is 18.9 Å². The fourth-order valence-corrected chi connectivity index (χ4v) is 1.31. The van der Waals surface area contributed by atoms with Crippen LogP contribution in [0, 0.1) is 0 Å². The fourth-order valence-electron chi connectivity index (χ4n) is 1.31. The third-order valence-corrected chi connectivity index (χ3v) is 2.01. The zero-order chi connectivity index (χ0) is 10.4. The van der Waals surface area contributed by atoms with Crippen LogP contribution in [0.4, 0.5) is 0 Å². The van der Waals surface area contributed by atoms with Crippen molar-refractivity contribution in [3.63, 3.8) is 0 Å². The zero-order valence-electron chi connectivity index (χ0n) is 8.36. The second-order valence-electron chi connectivity index (χ2n) is 3.44. The Morgan fingerprint density at radius 2 is 2.07 bits per heavy atom. The Bertz CT molecular complexity index is 285. The summed E-state index contributed by atoms with van der Waals surface area (Å²) in [5, 5.41) is 3.06. The molecule has 0 heterocycles. The average molecular weight is 192 g/mol. The van der Waals surface area contributed by atoms with Crippen molar-refractivity contribution in [2.45, 2.75) is 19.4 Å². The first-order chi connectivity index (χ1) is 6.68. The number of amides is 1. The molecule has 1 unspecified atom stereocenters. The van der Waals surface area contributed by atoms with E-state index in [0.29, 0.717) is 0 Å². The van der Waals surface area contributed by atoms with Crippen molar-refractivity contribution in [2.75, 3.05) is 6.54 Å². The Hall–Kier alpha value is -1.35. The molecule has 1 rings (SSSR count). The highest BCUT2D eigenvalue weighted by molar-refractivity contribution is 5.75. The maximum atomic E-state index is 10.5. The molecule has 1 amide bonds. The van der Waals surface area contributed by atoms with E-state index in [9.17, 15) is 4.79 Å². The molecule has 3 nitrogen and oxygen atoms in total. The topological polar surface area (TPSA) is 55.1 Å². The fraction of sp³-hybridized carbons (Fsp3) is 0.364. The Morgan fingerprint density at radius 3 is 2.64 bits per heavy atom. The van der Waals surface area contributed by atoms with Gasteiger partial charge in [0, 0.05) is 6.04 Å². The van der Waals surface area contributed by atoms with E-state index >= 15 is 0 Å². The van der Waals surface area contributed by atoms with Crippen LogP contribution in [0.5, 0.6) is 0 Å². The Morgan fingerprint density at radius 1 is 1.43 bits per heavy atom. The van der Waals surface area contributed by atoms with Crippen LogP contribution in [0.15, 0.2) is 30.3 Å². The molecule has 0 saturated heterocycles. The molecule has 0 spiro atoms. The third-order valence-electron chi connectivity index (χ3n) is 2.01. The minimum absolute atomic E-state index is 0.244. The van der Waals surface area contributed by atoms with Crippen molar-refractivity contribution in [3.8, 4) is 0 Å². The summed E-state index contributed by atoms with van der Waals surface area (Å²) in [6.07, 6.45) is 0.911. The van der Waals surface area contributed by atoms with E-state index in [1.165, 1.54) is 5.56 Å². The lowest BCUT2D eigenvalue weighted by molar-refractivity contribution is -0.117. The summed E-state index contributed by atoms with van der Waals surface area (Å²) in [7, 11) is 0. The van der Waals surface area contributed by atoms with Crippen molar-refractivity contribution >= 4 is 5.91 Å². The normalized spacial score (nSPS) is 12.4. The molecular weight excluding hydrogens is 176 g/mol. The third kappa shape index (κ3) is 4.05. The van der Waals surface area contributed by atoms with Gasteiger partial charge in [0.2, 0.25) is 5.91 Å². The molecule has 76 valence electrons. The molecule has 0 aliphatic carbocycles. The van der Waals surface area contributed by atoms with Crippen LogP contribution in [0.3, 0.4) is 0 Å². The molecule has 0 saturated carbocycles. The van der Waals surface area contributed by atoms with Crippen molar-refractivity contribution < 1.29 is 4.79 Å². The van der Waals surface area contributed by atoms with Crippen LogP contribution in [-0.4, -0.2) is 18.5 Å². The summed E-state index contributed by atoms with van der Waals surface area (Å²) < 4.78 is 0. The smallest absolute Gasteiger partial charge is 0.231 e. The van der Waals surface area contributed by atoms with Gasteiger partial charge < -0.3 is 11.1 Å². The van der Waals surface area contributed by atoms with Crippen LogP contribution in [0.1, 0.15) is 12.5 Å². The molecule has 1 atom stereocenters. The SMILES string of the molecule is CC(Cc1ccccc1)NCC(N)=O. The van der Waals surface area contributed by atoms with Gasteiger partial charge in [-0.2, -0.15) is 0 Å². The Labute approximate surface area is 84.3 Å². The van der Waals surface area contributed by atoms with E-state index in [0.717, 1.165) is 6.42 Å². The number of benzene rings is 1. The largest absolute Gasteiger partial charge is 0.369 e. The van der Waals surface area contributed by atoms with Gasteiger partial charge >= 0.3 is 0 Å². The first kappa shape index (κ1) is 10.7. The van der Waals surface area contributed by atoms with Gasteiger partial charge in [-0.25, -0.2) is 0 Å². The summed E-state index contributed by atoms with van der Waals surface area (Å²) >= 11 is 0. The van der Waals surface area contributed by atoms with Crippen LogP contribution in [0.25, 0.3) is 0 Å². The highest BCUT2D eigenvalue weighted by atomic mass is 16.1. The van der Waals surface area contributed by atoms with E-state index in [1.54, 1.807) is 0 Å². The van der Waals surface area contributed by atoms with Crippen molar-refractivity contribution in [2.24, 2.45) is 5.73 Å². The predicted molar refractivity (Wildman–Crippen MR) is 56.8 cm³/mol. The molecule has 1 aromatic carbocycles. The number of hydrogen-bond acceptors (Lipinski definition) is 2. The van der Waals surface area contributed by atoms with Gasteiger partial charge in [0.25, 0.3) is 0 Å². The lowest BCUT2D eigenvalue weighted by atomic mass is 10.1. The van der Waals surface area contributed by atoms with E-state index < -0.39 is 0 Å². The number of nitrogens with two attached hydrogens (primary N) is 1. The highest BCUT2D eigenvalue weighted by Gasteiger charge is 2.03. The summed E-state index contributed by atoms with van der Waals surface area (Å²) in [5.41, 5.74) is 6.29. The maximum Gasteiger partial charge on any atom is 0.231 e. The van der Waals surface area contributed by atoms with Gasteiger partial charge in [-0.1, -0.05) is 30.3 Å². The van der Waals surface area contributed by atoms with Gasteiger partial charge in [-0.3, -0.25) is 4.79 Å². The van der Waals surface area contributed by atoms with Crippen molar-refractivity contribution in [1.29, 1.82) is 0 Å². The lowest BCUT2D eigenvalue weighted by Gasteiger charge is -2.12. The number of hydrogen-bond donors (Lipinski definition) is 2. The van der Waals surface area contributed by atoms with Gasteiger partial charge in [0.15, 0.2) is 0 Å². The molecule has 0 aliphatic rings. The summed E-state index contributed by atoms with van der Waals surface area (Å²) in [4.78, 5) is 10.5. The van der Waals surface area contributed by atoms with Gasteiger partial charge in [-0.15, -0.1) is 0 Å². The minimum atomic E-state index is -0.315. The standard InChI is InChI=1S/C11H16N2O/c1-9(13-8-11(12)14)7-10-5-3-2-4-6-10/h2-6,9,13H,7-8H2,1H3,(H2,12,14). The molecular formula is C11H16N2O. The van der Waals surface area contributed by atoms with Crippen molar-refractivity contribution in [3.05, 3.63) is 35.9 Å². The van der Waals surface area contributed by atoms with Crippen LogP contribution >= 0.6 is 0 Å². The highest BCUT2D eigenvalue weighted by Crippen LogP contribution is 2.02. The lowest BCUT2D eigenvalue weighted by Crippen LogP contribution is -2.35. The molecule has 3 N–H and O–H groups in total. The molecule has 0 radical (unpaired) electrons. The number of primary amides is 1. The van der Waals surface area contributed by atoms with Gasteiger partial charge in [0.05, 0.1) is 6.54 Å². The predicted octanol–water partition coefficient (Wildman–Crippen LogP) is 0.693. The van der Waals surface area contributed by atoms with E-state index in [4.69, 9.17) is 5.73 Å². The summed E-state index contributed by atoms with van der Waals surface area (Å²) in [5.74, 6) is -0.315. The Balaban J connectivity index is 2.34. The first-order valence-corrected chi connectivity index (χ1v) is 4.74. The molecule has 0 bridgehead atoms. The monoisotopic (exact) mass is 192 g/mol. The van der Waals surface area contributed by atoms with E-state index in [2.05, 4.69) is 17.4 Å². The average Bonchev–Trinajstić information content (AvgIpc) is 2.16. The molecule has 1 aromatic rings. The van der Waals surface area contributed by atoms with Crippen LogP contribution in [0.2, 0.25) is 0 Å². The molecule has 14 heavy (non-hydrogen) atoms. The van der Waals surface area contributed by atoms with E-state index in [1.807, 2.05) is 25.1 Å². The first-order valence-electron chi connectivity index (χ1n) is 4.74. The number of carbonyl (C=O) groups is 1. The molecule has 0 aliphatic heterocycles. The van der Waals surface area contributed by atoms with Crippen molar-refractivity contribution in [1.82, 2.24) is 5.32 Å². The summed E-state index contributed by atoms with van der Waals surface area (Å²) in [6.45, 7) is 2.28. The van der Waals surface area contributed by atoms with Crippen LogP contribution < -0.4 is 11.1 Å². The molecule has 3 heteroatoms. The van der Waals surface area contributed by atoms with Crippen LogP contribution in [-0.2, 0) is 11.2 Å². The quantitative estimate of drug-likeness (QED) is 0.721. The minimum Gasteiger partial charge on any atom is -0.369 e. The summed E-state index contributed by atoms with van der Waals surface area (Å²) in [6, 6.07) is 10.4. The molecule has 0 aromatic heterocycles. The second-order valence-corrected chi connectivity index (χ2v) is 3.44. The second kappa shape index (κ2) is 5.40. The maximum absolute atomic E-state index is 10.5. The number of carbonyl (C=O) groups excluding carboxylic acids is 1. The molecule has 0 fully saturated rings. The Kier molecular flexibility index (Phi) is 4.13. The van der Waals surface area contributed by atoms with E-state index in [-0.39, 0.29) is 18.5 Å². The zero-order valence-corrected chi connectivity index (χ0v) is 8.36. The van der Waals surface area contributed by atoms with Gasteiger partial charge in [0.1, 0.15) is 0 Å². The number of rotatable bonds is 5. The number of nitrogens with one attached hydrogen (secondary N) is 1.